The zero-order valence-corrected chi connectivity index (χ0v) is 16.5. The fourth-order valence-electron chi connectivity index (χ4n) is 4.00. The normalized spacial score (nSPS) is 13.0. The van der Waals surface area contributed by atoms with Gasteiger partial charge in [-0.25, -0.2) is 4.39 Å². The second kappa shape index (κ2) is 7.70. The lowest BCUT2D eigenvalue weighted by Gasteiger charge is -2.09. The molecular formula is C23H23FN2O3. The Morgan fingerprint density at radius 3 is 2.86 bits per heavy atom. The number of aryl methyl sites for hydroxylation is 3. The predicted molar refractivity (Wildman–Crippen MR) is 109 cm³/mol. The van der Waals surface area contributed by atoms with Gasteiger partial charge in [0.05, 0.1) is 5.52 Å². The molecule has 4 rings (SSSR count). The summed E-state index contributed by atoms with van der Waals surface area (Å²) in [5, 5.41) is 3.74. The highest BCUT2D eigenvalue weighted by Gasteiger charge is 2.19. The SMILES string of the molecule is Cc1[nH]c2c(F)ccc(C)c2c1CCNC(=O)COc1ccc2c(c1)CCC2=O. The number of rotatable bonds is 6. The number of hydrogen-bond acceptors (Lipinski definition) is 3. The van der Waals surface area contributed by atoms with Crippen molar-refractivity contribution in [1.29, 1.82) is 0 Å². The van der Waals surface area contributed by atoms with Crippen LogP contribution in [0.3, 0.4) is 0 Å². The van der Waals surface area contributed by atoms with Gasteiger partial charge in [-0.15, -0.1) is 0 Å². The molecule has 2 N–H and O–H groups in total. The van der Waals surface area contributed by atoms with E-state index in [1.165, 1.54) is 6.07 Å². The minimum absolute atomic E-state index is 0.0900. The van der Waals surface area contributed by atoms with E-state index in [1.807, 2.05) is 19.9 Å². The number of aromatic amines is 1. The molecule has 1 aromatic heterocycles. The Kier molecular flexibility index (Phi) is 5.09. The molecular weight excluding hydrogens is 371 g/mol. The Morgan fingerprint density at radius 1 is 1.21 bits per heavy atom. The first-order valence-electron chi connectivity index (χ1n) is 9.76. The van der Waals surface area contributed by atoms with E-state index < -0.39 is 0 Å². The Bertz CT molecular complexity index is 1120. The van der Waals surface area contributed by atoms with Crippen molar-refractivity contribution in [1.82, 2.24) is 10.3 Å². The molecule has 0 unspecified atom stereocenters. The number of halogens is 1. The topological polar surface area (TPSA) is 71.2 Å². The van der Waals surface area contributed by atoms with E-state index in [0.29, 0.717) is 30.7 Å². The van der Waals surface area contributed by atoms with Crippen LogP contribution < -0.4 is 10.1 Å². The monoisotopic (exact) mass is 394 g/mol. The summed E-state index contributed by atoms with van der Waals surface area (Å²) in [5.74, 6) is 0.259. The lowest BCUT2D eigenvalue weighted by Crippen LogP contribution is -2.30. The van der Waals surface area contributed by atoms with Gasteiger partial charge < -0.3 is 15.0 Å². The highest BCUT2D eigenvalue weighted by molar-refractivity contribution is 6.00. The van der Waals surface area contributed by atoms with Crippen LogP contribution in [0.4, 0.5) is 4.39 Å². The molecule has 0 bridgehead atoms. The van der Waals surface area contributed by atoms with Crippen LogP contribution in [0.2, 0.25) is 0 Å². The van der Waals surface area contributed by atoms with Crippen LogP contribution in [0.5, 0.6) is 5.75 Å². The summed E-state index contributed by atoms with van der Waals surface area (Å²) in [7, 11) is 0. The van der Waals surface area contributed by atoms with E-state index in [4.69, 9.17) is 4.74 Å². The summed E-state index contributed by atoms with van der Waals surface area (Å²) in [6.45, 7) is 4.21. The largest absolute Gasteiger partial charge is 0.484 e. The fourth-order valence-corrected chi connectivity index (χ4v) is 4.00. The van der Waals surface area contributed by atoms with Crippen molar-refractivity contribution in [3.63, 3.8) is 0 Å². The standard InChI is InChI=1S/C23H23FN2O3/c1-13-3-7-19(24)23-22(13)17(14(2)26-23)9-10-25-21(28)12-29-16-5-6-18-15(11-16)4-8-20(18)27/h3,5-7,11,26H,4,8-10,12H2,1-2H3,(H,25,28). The molecule has 150 valence electrons. The molecule has 5 nitrogen and oxygen atoms in total. The maximum Gasteiger partial charge on any atom is 0.257 e. The van der Waals surface area contributed by atoms with Crippen LogP contribution in [0, 0.1) is 19.7 Å². The summed E-state index contributed by atoms with van der Waals surface area (Å²) in [6, 6.07) is 8.55. The first-order valence-corrected chi connectivity index (χ1v) is 9.76. The average molecular weight is 394 g/mol. The fraction of sp³-hybridized carbons (Fsp3) is 0.304. The molecule has 0 spiro atoms. The van der Waals surface area contributed by atoms with Crippen molar-refractivity contribution in [3.05, 3.63) is 64.1 Å². The molecule has 1 amide bonds. The van der Waals surface area contributed by atoms with Gasteiger partial charge in [-0.3, -0.25) is 9.59 Å². The molecule has 1 aliphatic rings. The Labute approximate surface area is 168 Å². The number of fused-ring (bicyclic) bond motifs is 2. The number of hydrogen-bond donors (Lipinski definition) is 2. The number of benzene rings is 2. The Hall–Kier alpha value is -3.15. The van der Waals surface area contributed by atoms with Gasteiger partial charge in [0, 0.05) is 29.6 Å². The van der Waals surface area contributed by atoms with E-state index in [-0.39, 0.29) is 24.1 Å². The van der Waals surface area contributed by atoms with E-state index in [9.17, 15) is 14.0 Å². The molecule has 3 aromatic rings. The van der Waals surface area contributed by atoms with Gasteiger partial charge in [0.25, 0.3) is 5.91 Å². The van der Waals surface area contributed by atoms with Crippen molar-refractivity contribution in [3.8, 4) is 5.75 Å². The predicted octanol–water partition coefficient (Wildman–Crippen LogP) is 3.79. The van der Waals surface area contributed by atoms with Crippen LogP contribution in [0.15, 0.2) is 30.3 Å². The summed E-state index contributed by atoms with van der Waals surface area (Å²) in [4.78, 5) is 26.9. The third-order valence-electron chi connectivity index (χ3n) is 5.50. The van der Waals surface area contributed by atoms with Crippen LogP contribution in [-0.4, -0.2) is 29.8 Å². The zero-order chi connectivity index (χ0) is 20.5. The van der Waals surface area contributed by atoms with Crippen LogP contribution in [0.1, 0.15) is 39.2 Å². The van der Waals surface area contributed by atoms with E-state index in [2.05, 4.69) is 10.3 Å². The number of ether oxygens (including phenoxy) is 1. The molecule has 2 aromatic carbocycles. The third kappa shape index (κ3) is 3.75. The smallest absolute Gasteiger partial charge is 0.257 e. The number of nitrogens with one attached hydrogen (secondary N) is 2. The summed E-state index contributed by atoms with van der Waals surface area (Å²) in [6.07, 6.45) is 1.86. The number of amides is 1. The first-order chi connectivity index (χ1) is 13.9. The second-order valence-electron chi connectivity index (χ2n) is 7.47. The average Bonchev–Trinajstić information content (AvgIpc) is 3.24. The molecule has 1 aliphatic carbocycles. The van der Waals surface area contributed by atoms with E-state index >= 15 is 0 Å². The second-order valence-corrected chi connectivity index (χ2v) is 7.47. The van der Waals surface area contributed by atoms with Gasteiger partial charge in [0.15, 0.2) is 12.4 Å². The van der Waals surface area contributed by atoms with Gasteiger partial charge >= 0.3 is 0 Å². The van der Waals surface area contributed by atoms with E-state index in [0.717, 1.165) is 39.8 Å². The lowest BCUT2D eigenvalue weighted by atomic mass is 10.0. The number of ketones is 1. The van der Waals surface area contributed by atoms with Gasteiger partial charge in [0.2, 0.25) is 0 Å². The van der Waals surface area contributed by atoms with Gasteiger partial charge in [0.1, 0.15) is 11.6 Å². The molecule has 0 saturated heterocycles. The van der Waals surface area contributed by atoms with Crippen LogP contribution in [-0.2, 0) is 17.6 Å². The molecule has 0 aliphatic heterocycles. The number of carbonyl (C=O) groups excluding carboxylic acids is 2. The van der Waals surface area contributed by atoms with Crippen molar-refractivity contribution in [2.75, 3.05) is 13.2 Å². The summed E-state index contributed by atoms with van der Waals surface area (Å²) < 4.78 is 19.6. The molecule has 6 heteroatoms. The van der Waals surface area contributed by atoms with Crippen molar-refractivity contribution in [2.45, 2.75) is 33.1 Å². The van der Waals surface area contributed by atoms with Gasteiger partial charge in [-0.05, 0) is 67.6 Å². The number of Topliss-reactive ketones (excluding diaryl/α,β-unsaturated/α-hetero) is 1. The highest BCUT2D eigenvalue weighted by atomic mass is 19.1. The summed E-state index contributed by atoms with van der Waals surface area (Å²) in [5.41, 5.74) is 5.17. The minimum atomic E-state index is -0.270. The third-order valence-corrected chi connectivity index (χ3v) is 5.50. The first kappa shape index (κ1) is 19.2. The maximum absolute atomic E-state index is 14.0. The number of H-pyrrole nitrogens is 1. The van der Waals surface area contributed by atoms with Crippen molar-refractivity contribution < 1.29 is 18.7 Å². The molecule has 1 heterocycles. The quantitative estimate of drug-likeness (QED) is 0.668. The van der Waals surface area contributed by atoms with Crippen molar-refractivity contribution >= 4 is 22.6 Å². The molecule has 0 fully saturated rings. The van der Waals surface area contributed by atoms with Gasteiger partial charge in [-0.2, -0.15) is 0 Å². The Morgan fingerprint density at radius 2 is 2.03 bits per heavy atom. The van der Waals surface area contributed by atoms with Crippen LogP contribution in [0.25, 0.3) is 10.9 Å². The molecule has 0 atom stereocenters. The number of aromatic nitrogens is 1. The zero-order valence-electron chi connectivity index (χ0n) is 16.5. The Balaban J connectivity index is 1.33. The van der Waals surface area contributed by atoms with Crippen LogP contribution >= 0.6 is 0 Å². The minimum Gasteiger partial charge on any atom is -0.484 e. The van der Waals surface area contributed by atoms with Crippen molar-refractivity contribution in [2.24, 2.45) is 0 Å². The molecule has 0 radical (unpaired) electrons. The maximum atomic E-state index is 14.0. The molecule has 0 saturated carbocycles. The molecule has 29 heavy (non-hydrogen) atoms. The van der Waals surface area contributed by atoms with Gasteiger partial charge in [-0.1, -0.05) is 6.07 Å². The van der Waals surface area contributed by atoms with E-state index in [1.54, 1.807) is 18.2 Å². The number of carbonyl (C=O) groups is 2. The highest BCUT2D eigenvalue weighted by Crippen LogP contribution is 2.28. The lowest BCUT2D eigenvalue weighted by molar-refractivity contribution is -0.123. The summed E-state index contributed by atoms with van der Waals surface area (Å²) >= 11 is 0.